The topological polar surface area (TPSA) is 12.5 Å². The Morgan fingerprint density at radius 1 is 1.33 bits per heavy atom. The zero-order chi connectivity index (χ0) is 7.11. The summed E-state index contributed by atoms with van der Waals surface area (Å²) in [5, 5.41) is 0. The molecule has 0 saturated carbocycles. The zero-order valence-electron chi connectivity index (χ0n) is 6.68. The fraction of sp³-hybridized carbons (Fsp3) is 1.00. The molecule has 0 radical (unpaired) electrons. The molecule has 2 nitrogen and oxygen atoms in total. The number of hydrogen-bond donors (Lipinski definition) is 0. The average molecular weight is 131 g/mol. The van der Waals surface area contributed by atoms with Gasteiger partial charge in [-0.1, -0.05) is 6.92 Å². The van der Waals surface area contributed by atoms with Gasteiger partial charge in [-0.3, -0.25) is 0 Å². The highest BCUT2D eigenvalue weighted by molar-refractivity contribution is 4.43. The Morgan fingerprint density at radius 3 is 2.44 bits per heavy atom. The zero-order valence-corrected chi connectivity index (χ0v) is 6.68. The van der Waals surface area contributed by atoms with Crippen molar-refractivity contribution in [1.29, 1.82) is 0 Å². The summed E-state index contributed by atoms with van der Waals surface area (Å²) in [4.78, 5) is 2.23. The molecule has 0 aromatic carbocycles. The first-order valence-corrected chi connectivity index (χ1v) is 3.57. The van der Waals surface area contributed by atoms with Crippen molar-refractivity contribution < 1.29 is 4.74 Å². The van der Waals surface area contributed by atoms with E-state index in [9.17, 15) is 0 Å². The largest absolute Gasteiger partial charge is 0.380 e. The maximum atomic E-state index is 5.16. The van der Waals surface area contributed by atoms with Crippen molar-refractivity contribution in [1.82, 2.24) is 4.90 Å². The van der Waals surface area contributed by atoms with Crippen LogP contribution in [-0.4, -0.2) is 38.3 Å². The molecule has 0 aliphatic carbocycles. The predicted octanol–water partition coefficient (Wildman–Crippen LogP) is 0.975. The third kappa shape index (κ3) is 5.80. The van der Waals surface area contributed by atoms with Crippen LogP contribution in [0.1, 0.15) is 13.8 Å². The minimum absolute atomic E-state index is 0.831. The summed E-state index contributed by atoms with van der Waals surface area (Å²) in [5.41, 5.74) is 0. The summed E-state index contributed by atoms with van der Waals surface area (Å²) in [6, 6.07) is 0. The molecule has 56 valence electrons. The van der Waals surface area contributed by atoms with E-state index in [1.54, 1.807) is 0 Å². The van der Waals surface area contributed by atoms with E-state index >= 15 is 0 Å². The van der Waals surface area contributed by atoms with Crippen molar-refractivity contribution >= 4 is 0 Å². The van der Waals surface area contributed by atoms with Crippen LogP contribution in [0.15, 0.2) is 0 Å². The van der Waals surface area contributed by atoms with Crippen molar-refractivity contribution in [3.05, 3.63) is 0 Å². The summed E-state index contributed by atoms with van der Waals surface area (Å²) < 4.78 is 5.16. The molecule has 0 aromatic heterocycles. The molecule has 0 N–H and O–H groups in total. The second-order valence-corrected chi connectivity index (χ2v) is 2.09. The number of likely N-dealkylation sites (N-methyl/N-ethyl adjacent to an activating group) is 1. The van der Waals surface area contributed by atoms with Crippen molar-refractivity contribution in [3.63, 3.8) is 0 Å². The molecular formula is C7H17NO. The Balaban J connectivity index is 2.88. The highest BCUT2D eigenvalue weighted by Crippen LogP contribution is 1.80. The van der Waals surface area contributed by atoms with E-state index in [4.69, 9.17) is 4.74 Å². The van der Waals surface area contributed by atoms with Gasteiger partial charge in [0.1, 0.15) is 0 Å². The van der Waals surface area contributed by atoms with Crippen LogP contribution in [0, 0.1) is 0 Å². The van der Waals surface area contributed by atoms with E-state index in [2.05, 4.69) is 18.9 Å². The first-order valence-electron chi connectivity index (χ1n) is 3.57. The maximum absolute atomic E-state index is 5.16. The monoisotopic (exact) mass is 131 g/mol. The van der Waals surface area contributed by atoms with Gasteiger partial charge in [0, 0.05) is 13.2 Å². The van der Waals surface area contributed by atoms with Gasteiger partial charge in [-0.15, -0.1) is 0 Å². The van der Waals surface area contributed by atoms with Gasteiger partial charge in [-0.2, -0.15) is 0 Å². The van der Waals surface area contributed by atoms with Crippen molar-refractivity contribution in [2.24, 2.45) is 0 Å². The van der Waals surface area contributed by atoms with Crippen molar-refractivity contribution in [3.8, 4) is 0 Å². The van der Waals surface area contributed by atoms with Gasteiger partial charge < -0.3 is 9.64 Å². The van der Waals surface area contributed by atoms with Crippen LogP contribution >= 0.6 is 0 Å². The van der Waals surface area contributed by atoms with Gasteiger partial charge in [0.25, 0.3) is 0 Å². The lowest BCUT2D eigenvalue weighted by atomic mass is 10.5. The predicted molar refractivity (Wildman–Crippen MR) is 39.7 cm³/mol. The normalized spacial score (nSPS) is 10.7. The van der Waals surface area contributed by atoms with Gasteiger partial charge in [0.15, 0.2) is 0 Å². The van der Waals surface area contributed by atoms with E-state index in [0.717, 1.165) is 26.3 Å². The highest BCUT2D eigenvalue weighted by atomic mass is 16.5. The number of hydrogen-bond acceptors (Lipinski definition) is 2. The second-order valence-electron chi connectivity index (χ2n) is 2.09. The molecule has 0 fully saturated rings. The minimum Gasteiger partial charge on any atom is -0.380 e. The third-order valence-corrected chi connectivity index (χ3v) is 1.36. The molecule has 9 heavy (non-hydrogen) atoms. The molecule has 0 unspecified atom stereocenters. The Bertz CT molecular complexity index is 56.9. The molecular weight excluding hydrogens is 114 g/mol. The van der Waals surface area contributed by atoms with Crippen LogP contribution in [0.25, 0.3) is 0 Å². The lowest BCUT2D eigenvalue weighted by Gasteiger charge is -2.12. The Morgan fingerprint density at radius 2 is 2.00 bits per heavy atom. The molecule has 0 spiro atoms. The first-order chi connectivity index (χ1) is 4.31. The van der Waals surface area contributed by atoms with Crippen LogP contribution in [0.4, 0.5) is 0 Å². The molecule has 0 amide bonds. The number of nitrogens with zero attached hydrogens (tertiary/aromatic N) is 1. The smallest absolute Gasteiger partial charge is 0.0593 e. The molecule has 0 bridgehead atoms. The fourth-order valence-corrected chi connectivity index (χ4v) is 0.523. The minimum atomic E-state index is 0.831. The standard InChI is InChI=1S/C7H17NO/c1-4-8(3)6-7-9-5-2/h4-7H2,1-3H3. The lowest BCUT2D eigenvalue weighted by Crippen LogP contribution is -2.22. The first kappa shape index (κ1) is 8.92. The summed E-state index contributed by atoms with van der Waals surface area (Å²) in [6.45, 7) is 8.01. The number of rotatable bonds is 5. The molecule has 0 aromatic rings. The van der Waals surface area contributed by atoms with Crippen LogP contribution in [-0.2, 0) is 4.74 Å². The molecule has 0 atom stereocenters. The summed E-state index contributed by atoms with van der Waals surface area (Å²) in [6.07, 6.45) is 0. The highest BCUT2D eigenvalue weighted by Gasteiger charge is 1.90. The van der Waals surface area contributed by atoms with Gasteiger partial charge >= 0.3 is 0 Å². The van der Waals surface area contributed by atoms with Crippen molar-refractivity contribution in [2.75, 3.05) is 33.4 Å². The van der Waals surface area contributed by atoms with E-state index in [1.807, 2.05) is 6.92 Å². The Kier molecular flexibility index (Phi) is 5.99. The third-order valence-electron chi connectivity index (χ3n) is 1.36. The molecule has 0 aliphatic heterocycles. The maximum Gasteiger partial charge on any atom is 0.0593 e. The van der Waals surface area contributed by atoms with Crippen LogP contribution in [0.5, 0.6) is 0 Å². The van der Waals surface area contributed by atoms with Crippen LogP contribution < -0.4 is 0 Å². The van der Waals surface area contributed by atoms with E-state index in [1.165, 1.54) is 0 Å². The van der Waals surface area contributed by atoms with Crippen LogP contribution in [0.2, 0.25) is 0 Å². The lowest BCUT2D eigenvalue weighted by molar-refractivity contribution is 0.124. The number of ether oxygens (including phenoxy) is 1. The van der Waals surface area contributed by atoms with E-state index < -0.39 is 0 Å². The van der Waals surface area contributed by atoms with Gasteiger partial charge in [-0.05, 0) is 20.5 Å². The van der Waals surface area contributed by atoms with Crippen LogP contribution in [0.3, 0.4) is 0 Å². The molecule has 0 heterocycles. The summed E-state index contributed by atoms with van der Waals surface area (Å²) in [7, 11) is 2.10. The summed E-state index contributed by atoms with van der Waals surface area (Å²) in [5.74, 6) is 0. The molecule has 0 rings (SSSR count). The fourth-order valence-electron chi connectivity index (χ4n) is 0.523. The van der Waals surface area contributed by atoms with Gasteiger partial charge in [0.2, 0.25) is 0 Å². The van der Waals surface area contributed by atoms with Gasteiger partial charge in [-0.25, -0.2) is 0 Å². The van der Waals surface area contributed by atoms with Gasteiger partial charge in [0.05, 0.1) is 6.61 Å². The quantitative estimate of drug-likeness (QED) is 0.516. The van der Waals surface area contributed by atoms with E-state index in [-0.39, 0.29) is 0 Å². The Labute approximate surface area is 57.8 Å². The summed E-state index contributed by atoms with van der Waals surface area (Å²) >= 11 is 0. The average Bonchev–Trinajstić information content (AvgIpc) is 1.89. The van der Waals surface area contributed by atoms with E-state index in [0.29, 0.717) is 0 Å². The second kappa shape index (κ2) is 6.05. The van der Waals surface area contributed by atoms with Crippen molar-refractivity contribution in [2.45, 2.75) is 13.8 Å². The SMILES string of the molecule is CCOCCN(C)CC. The molecule has 0 saturated heterocycles. The molecule has 0 aliphatic rings. The Hall–Kier alpha value is -0.0800. The molecule has 2 heteroatoms.